The number of hydrogen-bond donors (Lipinski definition) is 1. The number of nitrogens with zero attached hydrogens (tertiary/aromatic N) is 3. The van der Waals surface area contributed by atoms with Gasteiger partial charge in [0.15, 0.2) is 0 Å². The highest BCUT2D eigenvalue weighted by molar-refractivity contribution is 7.98. The lowest BCUT2D eigenvalue weighted by molar-refractivity contribution is -0.0652. The first kappa shape index (κ1) is 22.3. The molecule has 9 heteroatoms. The second kappa shape index (κ2) is 8.54. The Morgan fingerprint density at radius 2 is 2.13 bits per heavy atom. The molecule has 0 aromatic carbocycles. The van der Waals surface area contributed by atoms with Crippen LogP contribution < -0.4 is 10.2 Å². The summed E-state index contributed by atoms with van der Waals surface area (Å²) in [5.74, 6) is -3.18. The fourth-order valence-electron chi connectivity index (χ4n) is 3.89. The van der Waals surface area contributed by atoms with E-state index >= 15 is 0 Å². The molecule has 1 atom stereocenters. The summed E-state index contributed by atoms with van der Waals surface area (Å²) in [6, 6.07) is 3.50. The molecule has 1 saturated carbocycles. The third-order valence-electron chi connectivity index (χ3n) is 6.00. The average Bonchev–Trinajstić information content (AvgIpc) is 3.57. The molecule has 2 fully saturated rings. The molecule has 1 aliphatic carbocycles. The van der Waals surface area contributed by atoms with E-state index in [1.807, 2.05) is 11.2 Å². The van der Waals surface area contributed by atoms with Gasteiger partial charge in [-0.05, 0) is 43.7 Å². The number of thioether (sulfide) groups is 1. The summed E-state index contributed by atoms with van der Waals surface area (Å²) < 4.78 is 28.2. The highest BCUT2D eigenvalue weighted by Crippen LogP contribution is 2.46. The number of aromatic nitrogens is 2. The molecule has 4 rings (SSSR count). The van der Waals surface area contributed by atoms with Crippen molar-refractivity contribution in [1.29, 1.82) is 0 Å². The van der Waals surface area contributed by atoms with Crippen LogP contribution in [0.15, 0.2) is 23.4 Å². The number of halogens is 3. The Hall–Kier alpha value is -1.93. The maximum Gasteiger partial charge on any atom is 0.259 e. The van der Waals surface area contributed by atoms with Crippen molar-refractivity contribution in [3.8, 4) is 0 Å². The Bertz CT molecular complexity index is 1020. The summed E-state index contributed by atoms with van der Waals surface area (Å²) in [5, 5.41) is 4.18. The van der Waals surface area contributed by atoms with Crippen LogP contribution in [0.25, 0.3) is 0 Å². The van der Waals surface area contributed by atoms with Gasteiger partial charge < -0.3 is 10.2 Å². The lowest BCUT2D eigenvalue weighted by Gasteiger charge is -2.38. The Kier molecular flexibility index (Phi) is 6.14. The molecule has 0 radical (unpaired) electrons. The zero-order valence-corrected chi connectivity index (χ0v) is 19.3. The van der Waals surface area contributed by atoms with Crippen molar-refractivity contribution >= 4 is 40.8 Å². The first-order valence-corrected chi connectivity index (χ1v) is 12.0. The molecule has 1 unspecified atom stereocenters. The molecule has 2 aliphatic rings. The van der Waals surface area contributed by atoms with E-state index < -0.39 is 11.8 Å². The van der Waals surface area contributed by atoms with Gasteiger partial charge >= 0.3 is 0 Å². The van der Waals surface area contributed by atoms with E-state index in [0.717, 1.165) is 23.6 Å². The zero-order valence-electron chi connectivity index (χ0n) is 17.7. The average molecular weight is 467 g/mol. The number of pyridine rings is 2. The first-order chi connectivity index (χ1) is 14.7. The van der Waals surface area contributed by atoms with Crippen molar-refractivity contribution in [3.63, 3.8) is 0 Å². The van der Waals surface area contributed by atoms with Gasteiger partial charge in [0.2, 0.25) is 0 Å². The molecule has 0 bridgehead atoms. The zero-order chi connectivity index (χ0) is 22.3. The summed E-state index contributed by atoms with van der Waals surface area (Å²) in [4.78, 5) is 24.1. The lowest BCUT2D eigenvalue weighted by atomic mass is 9.94. The van der Waals surface area contributed by atoms with Crippen molar-refractivity contribution < 1.29 is 13.6 Å². The van der Waals surface area contributed by atoms with Gasteiger partial charge in [0.25, 0.3) is 11.8 Å². The predicted octanol–water partition coefficient (Wildman–Crippen LogP) is 5.77. The number of rotatable bonds is 5. The van der Waals surface area contributed by atoms with Crippen LogP contribution in [0.1, 0.15) is 53.7 Å². The van der Waals surface area contributed by atoms with E-state index in [1.165, 1.54) is 18.7 Å². The number of carbonyl (C=O) groups is 1. The largest absolute Gasteiger partial charge is 0.355 e. The van der Waals surface area contributed by atoms with Gasteiger partial charge in [-0.3, -0.25) is 4.79 Å². The smallest absolute Gasteiger partial charge is 0.259 e. The molecule has 31 heavy (non-hydrogen) atoms. The number of piperidine rings is 1. The first-order valence-electron chi connectivity index (χ1n) is 10.4. The van der Waals surface area contributed by atoms with Crippen molar-refractivity contribution in [1.82, 2.24) is 9.97 Å². The highest BCUT2D eigenvalue weighted by Gasteiger charge is 2.43. The molecule has 0 spiro atoms. The molecule has 1 amide bonds. The third kappa shape index (κ3) is 4.51. The maximum atomic E-state index is 14.1. The fraction of sp³-hybridized carbons (Fsp3) is 0.500. The van der Waals surface area contributed by atoms with Crippen LogP contribution in [-0.4, -0.2) is 41.1 Å². The van der Waals surface area contributed by atoms with E-state index in [0.29, 0.717) is 27.7 Å². The summed E-state index contributed by atoms with van der Waals surface area (Å²) in [6.45, 7) is 3.62. The number of hydrogen-bond acceptors (Lipinski definition) is 5. The lowest BCUT2D eigenvalue weighted by Crippen LogP contribution is -2.47. The Labute approximate surface area is 190 Å². The molecular formula is C22H25ClF2N4OS. The van der Waals surface area contributed by atoms with Crippen molar-refractivity contribution in [2.24, 2.45) is 5.92 Å². The van der Waals surface area contributed by atoms with Crippen LogP contribution in [0.5, 0.6) is 0 Å². The highest BCUT2D eigenvalue weighted by atomic mass is 35.5. The monoisotopic (exact) mass is 466 g/mol. The summed E-state index contributed by atoms with van der Waals surface area (Å²) in [7, 11) is 0. The van der Waals surface area contributed by atoms with Gasteiger partial charge in [0, 0.05) is 43.2 Å². The van der Waals surface area contributed by atoms with Gasteiger partial charge in [0.1, 0.15) is 5.82 Å². The molecule has 1 aliphatic heterocycles. The second-order valence-corrected chi connectivity index (χ2v) is 9.51. The van der Waals surface area contributed by atoms with Crippen LogP contribution in [-0.2, 0) is 0 Å². The number of alkyl halides is 2. The molecule has 1 saturated heterocycles. The normalized spacial score (nSPS) is 20.6. The van der Waals surface area contributed by atoms with Crippen LogP contribution in [0.3, 0.4) is 0 Å². The molecule has 2 aromatic heterocycles. The van der Waals surface area contributed by atoms with Crippen molar-refractivity contribution in [2.45, 2.75) is 50.0 Å². The fourth-order valence-corrected chi connectivity index (χ4v) is 4.59. The van der Waals surface area contributed by atoms with E-state index in [2.05, 4.69) is 10.3 Å². The van der Waals surface area contributed by atoms with Gasteiger partial charge in [0.05, 0.1) is 21.3 Å². The Morgan fingerprint density at radius 3 is 2.77 bits per heavy atom. The van der Waals surface area contributed by atoms with E-state index in [9.17, 15) is 13.6 Å². The number of anilines is 2. The number of nitrogens with one attached hydrogen (secondary N) is 1. The molecule has 5 nitrogen and oxygen atoms in total. The standard InChI is InChI=1S/C22H25ClF2N4OS/c1-12-11-29(9-7-22(12,24)25)20-17(13(2)18(23)19(28-20)14-4-5-14)21(30)27-15-6-8-26-16(10-15)31-3/h6,8,10,12,14H,4-5,7,9,11H2,1-3H3,(H,26,27,30). The molecule has 3 heterocycles. The van der Waals surface area contributed by atoms with Crippen LogP contribution in [0.2, 0.25) is 5.02 Å². The van der Waals surface area contributed by atoms with E-state index in [4.69, 9.17) is 16.6 Å². The second-order valence-electron chi connectivity index (χ2n) is 8.31. The Morgan fingerprint density at radius 1 is 1.39 bits per heavy atom. The van der Waals surface area contributed by atoms with Gasteiger partial charge in [-0.25, -0.2) is 18.7 Å². The van der Waals surface area contributed by atoms with E-state index in [-0.39, 0.29) is 31.3 Å². The van der Waals surface area contributed by atoms with Crippen LogP contribution >= 0.6 is 23.4 Å². The van der Waals surface area contributed by atoms with Crippen LogP contribution in [0.4, 0.5) is 20.3 Å². The minimum Gasteiger partial charge on any atom is -0.355 e. The van der Waals surface area contributed by atoms with Crippen molar-refractivity contribution in [3.05, 3.63) is 40.2 Å². The minimum absolute atomic E-state index is 0.136. The summed E-state index contributed by atoms with van der Waals surface area (Å²) >= 11 is 8.09. The minimum atomic E-state index is -2.72. The Balaban J connectivity index is 1.73. The summed E-state index contributed by atoms with van der Waals surface area (Å²) in [5.41, 5.74) is 2.35. The topological polar surface area (TPSA) is 58.1 Å². The molecule has 1 N–H and O–H groups in total. The SMILES string of the molecule is CSc1cc(NC(=O)c2c(N3CCC(F)(F)C(C)C3)nc(C3CC3)c(Cl)c2C)ccn1. The maximum absolute atomic E-state index is 14.1. The van der Waals surface area contributed by atoms with Gasteiger partial charge in [-0.1, -0.05) is 18.5 Å². The van der Waals surface area contributed by atoms with Crippen LogP contribution in [0, 0.1) is 12.8 Å². The number of amides is 1. The quantitative estimate of drug-likeness (QED) is 0.567. The predicted molar refractivity (Wildman–Crippen MR) is 121 cm³/mol. The summed E-state index contributed by atoms with van der Waals surface area (Å²) in [6.07, 6.45) is 5.27. The van der Waals surface area contributed by atoms with E-state index in [1.54, 1.807) is 25.3 Å². The molecule has 166 valence electrons. The van der Waals surface area contributed by atoms with Crippen molar-refractivity contribution in [2.75, 3.05) is 29.6 Å². The van der Waals surface area contributed by atoms with Gasteiger partial charge in [-0.15, -0.1) is 11.8 Å². The molecule has 2 aromatic rings. The van der Waals surface area contributed by atoms with Gasteiger partial charge in [-0.2, -0.15) is 0 Å². The molecular weight excluding hydrogens is 442 g/mol. The number of carbonyl (C=O) groups excluding carboxylic acids is 1. The third-order valence-corrected chi connectivity index (χ3v) is 7.12.